The second-order valence-corrected chi connectivity index (χ2v) is 6.24. The fraction of sp³-hybridized carbons (Fsp3) is 0.600. The van der Waals surface area contributed by atoms with Crippen LogP contribution < -0.4 is 10.6 Å². The Bertz CT molecular complexity index is 447. The average Bonchev–Trinajstić information content (AvgIpc) is 2.26. The van der Waals surface area contributed by atoms with Gasteiger partial charge in [0.25, 0.3) is 0 Å². The molecule has 1 aliphatic carbocycles. The number of aromatic nitrogens is 1. The first-order valence-electron chi connectivity index (χ1n) is 7.12. The lowest BCUT2D eigenvalue weighted by molar-refractivity contribution is 0.0635. The molecule has 1 saturated carbocycles. The Hall–Kier alpha value is -1.78. The maximum Gasteiger partial charge on any atom is 0.413 e. The van der Waals surface area contributed by atoms with Crippen molar-refractivity contribution < 1.29 is 9.53 Å². The Kier molecular flexibility index (Phi) is 4.47. The average molecular weight is 277 g/mol. The minimum atomic E-state index is -0.506. The molecule has 1 aromatic rings. The fourth-order valence-corrected chi connectivity index (χ4v) is 1.94. The predicted molar refractivity (Wildman–Crippen MR) is 79.9 cm³/mol. The van der Waals surface area contributed by atoms with Gasteiger partial charge in [-0.3, -0.25) is 5.32 Å². The van der Waals surface area contributed by atoms with Crippen LogP contribution in [0.3, 0.4) is 0 Å². The molecule has 5 heteroatoms. The molecule has 1 amide bonds. The van der Waals surface area contributed by atoms with Crippen molar-refractivity contribution in [3.8, 4) is 0 Å². The number of carbonyl (C=O) groups is 1. The molecule has 2 rings (SSSR count). The van der Waals surface area contributed by atoms with E-state index in [1.807, 2.05) is 26.8 Å². The number of ether oxygens (including phenoxy) is 1. The van der Waals surface area contributed by atoms with E-state index in [0.717, 1.165) is 18.2 Å². The zero-order chi connectivity index (χ0) is 14.6. The van der Waals surface area contributed by atoms with Gasteiger partial charge in [-0.15, -0.1) is 0 Å². The Balaban J connectivity index is 1.79. The normalized spacial score (nSPS) is 15.3. The number of carbonyl (C=O) groups excluding carboxylic acids is 1. The molecule has 0 saturated heterocycles. The lowest BCUT2D eigenvalue weighted by Gasteiger charge is -2.25. The highest BCUT2D eigenvalue weighted by Gasteiger charge is 2.17. The van der Waals surface area contributed by atoms with Crippen molar-refractivity contribution in [1.29, 1.82) is 0 Å². The molecule has 2 N–H and O–H groups in total. The van der Waals surface area contributed by atoms with Gasteiger partial charge in [-0.25, -0.2) is 9.78 Å². The van der Waals surface area contributed by atoms with Gasteiger partial charge < -0.3 is 10.1 Å². The summed E-state index contributed by atoms with van der Waals surface area (Å²) in [4.78, 5) is 15.8. The molecule has 1 heterocycles. The van der Waals surface area contributed by atoms with Crippen LogP contribution in [0.25, 0.3) is 0 Å². The van der Waals surface area contributed by atoms with Crippen LogP contribution in [0.15, 0.2) is 18.3 Å². The molecule has 0 aliphatic heterocycles. The van der Waals surface area contributed by atoms with Gasteiger partial charge in [-0.2, -0.15) is 0 Å². The fourth-order valence-electron chi connectivity index (χ4n) is 1.94. The predicted octanol–water partition coefficient (Wildman–Crippen LogP) is 3.64. The third-order valence-electron chi connectivity index (χ3n) is 3.21. The number of hydrogen-bond acceptors (Lipinski definition) is 4. The highest BCUT2D eigenvalue weighted by atomic mass is 16.6. The molecule has 0 bridgehead atoms. The lowest BCUT2D eigenvalue weighted by Crippen LogP contribution is -2.27. The van der Waals surface area contributed by atoms with Gasteiger partial charge >= 0.3 is 6.09 Å². The number of amides is 1. The largest absolute Gasteiger partial charge is 0.444 e. The van der Waals surface area contributed by atoms with Crippen LogP contribution in [0.5, 0.6) is 0 Å². The Morgan fingerprint density at radius 2 is 2.15 bits per heavy atom. The van der Waals surface area contributed by atoms with Crippen molar-refractivity contribution in [1.82, 2.24) is 4.98 Å². The van der Waals surface area contributed by atoms with E-state index < -0.39 is 11.7 Å². The molecule has 5 nitrogen and oxygen atoms in total. The van der Waals surface area contributed by atoms with Crippen LogP contribution in [-0.4, -0.2) is 23.2 Å². The molecule has 0 aromatic carbocycles. The number of nitrogens with zero attached hydrogens (tertiary/aromatic N) is 1. The maximum atomic E-state index is 11.6. The zero-order valence-corrected chi connectivity index (χ0v) is 12.4. The lowest BCUT2D eigenvalue weighted by atomic mass is 9.85. The number of pyridine rings is 1. The van der Waals surface area contributed by atoms with Crippen LogP contribution in [0, 0.1) is 5.92 Å². The Morgan fingerprint density at radius 3 is 2.65 bits per heavy atom. The van der Waals surface area contributed by atoms with Crippen LogP contribution in [0.2, 0.25) is 0 Å². The van der Waals surface area contributed by atoms with E-state index in [1.54, 1.807) is 12.3 Å². The molecule has 20 heavy (non-hydrogen) atoms. The summed E-state index contributed by atoms with van der Waals surface area (Å²) in [6.07, 6.45) is 5.23. The number of hydrogen-bond donors (Lipinski definition) is 2. The highest BCUT2D eigenvalue weighted by molar-refractivity contribution is 5.83. The van der Waals surface area contributed by atoms with E-state index in [9.17, 15) is 4.79 Å². The van der Waals surface area contributed by atoms with Gasteiger partial charge in [0, 0.05) is 6.54 Å². The number of anilines is 2. The maximum absolute atomic E-state index is 11.6. The van der Waals surface area contributed by atoms with Crippen molar-refractivity contribution >= 4 is 17.6 Å². The van der Waals surface area contributed by atoms with Crippen LogP contribution >= 0.6 is 0 Å². The molecule has 0 unspecified atom stereocenters. The molecular weight excluding hydrogens is 254 g/mol. The first-order valence-corrected chi connectivity index (χ1v) is 7.12. The van der Waals surface area contributed by atoms with Crippen LogP contribution in [-0.2, 0) is 4.74 Å². The van der Waals surface area contributed by atoms with E-state index in [0.29, 0.717) is 5.82 Å². The summed E-state index contributed by atoms with van der Waals surface area (Å²) in [5.74, 6) is 1.29. The van der Waals surface area contributed by atoms with Gasteiger partial charge in [0.2, 0.25) is 0 Å². The Labute approximate surface area is 120 Å². The van der Waals surface area contributed by atoms with Crippen molar-refractivity contribution in [2.24, 2.45) is 5.92 Å². The van der Waals surface area contributed by atoms with Crippen molar-refractivity contribution in [2.75, 3.05) is 17.2 Å². The second kappa shape index (κ2) is 6.11. The topological polar surface area (TPSA) is 63.2 Å². The third-order valence-corrected chi connectivity index (χ3v) is 3.21. The van der Waals surface area contributed by atoms with Gasteiger partial charge in [0.15, 0.2) is 0 Å². The van der Waals surface area contributed by atoms with Crippen molar-refractivity contribution in [3.63, 3.8) is 0 Å². The molecule has 1 aliphatic rings. The van der Waals surface area contributed by atoms with E-state index >= 15 is 0 Å². The van der Waals surface area contributed by atoms with E-state index in [4.69, 9.17) is 4.74 Å². The smallest absolute Gasteiger partial charge is 0.413 e. The van der Waals surface area contributed by atoms with Gasteiger partial charge in [-0.1, -0.05) is 6.42 Å². The van der Waals surface area contributed by atoms with Gasteiger partial charge in [-0.05, 0) is 51.7 Å². The molecule has 110 valence electrons. The molecule has 0 atom stereocenters. The van der Waals surface area contributed by atoms with E-state index in [-0.39, 0.29) is 0 Å². The molecule has 1 aromatic heterocycles. The summed E-state index contributed by atoms with van der Waals surface area (Å²) in [6, 6.07) is 3.69. The first-order chi connectivity index (χ1) is 9.42. The quantitative estimate of drug-likeness (QED) is 0.882. The Morgan fingerprint density at radius 1 is 1.40 bits per heavy atom. The van der Waals surface area contributed by atoms with Crippen LogP contribution in [0.1, 0.15) is 40.0 Å². The summed E-state index contributed by atoms with van der Waals surface area (Å²) in [5, 5.41) is 5.97. The standard InChI is InChI=1S/C15H23N3O2/c1-15(2,3)20-14(19)18-13-8-7-12(10-17-13)16-9-11-5-4-6-11/h7-8,10-11,16H,4-6,9H2,1-3H3,(H,17,18,19). The van der Waals surface area contributed by atoms with E-state index in [1.165, 1.54) is 19.3 Å². The van der Waals surface area contributed by atoms with Gasteiger partial charge in [0.05, 0.1) is 11.9 Å². The molecule has 1 fully saturated rings. The van der Waals surface area contributed by atoms with Crippen molar-refractivity contribution in [3.05, 3.63) is 18.3 Å². The molecule has 0 spiro atoms. The number of nitrogens with one attached hydrogen (secondary N) is 2. The minimum Gasteiger partial charge on any atom is -0.444 e. The minimum absolute atomic E-state index is 0.486. The van der Waals surface area contributed by atoms with Crippen molar-refractivity contribution in [2.45, 2.75) is 45.6 Å². The monoisotopic (exact) mass is 277 g/mol. The highest BCUT2D eigenvalue weighted by Crippen LogP contribution is 2.26. The summed E-state index contributed by atoms with van der Waals surface area (Å²) in [5.41, 5.74) is 0.473. The second-order valence-electron chi connectivity index (χ2n) is 6.24. The summed E-state index contributed by atoms with van der Waals surface area (Å²) in [6.45, 7) is 6.48. The zero-order valence-electron chi connectivity index (χ0n) is 12.4. The molecule has 0 radical (unpaired) electrons. The van der Waals surface area contributed by atoms with Gasteiger partial charge in [0.1, 0.15) is 11.4 Å². The number of rotatable bonds is 4. The SMILES string of the molecule is CC(C)(C)OC(=O)Nc1ccc(NCC2CCC2)cn1. The first kappa shape index (κ1) is 14.6. The van der Waals surface area contributed by atoms with E-state index in [2.05, 4.69) is 15.6 Å². The molecular formula is C15H23N3O2. The summed E-state index contributed by atoms with van der Waals surface area (Å²) in [7, 11) is 0. The summed E-state index contributed by atoms with van der Waals surface area (Å²) < 4.78 is 5.17. The summed E-state index contributed by atoms with van der Waals surface area (Å²) >= 11 is 0. The van der Waals surface area contributed by atoms with Crippen LogP contribution in [0.4, 0.5) is 16.3 Å². The third kappa shape index (κ3) is 4.72.